The van der Waals surface area contributed by atoms with Gasteiger partial charge in [0.15, 0.2) is 0 Å². The number of nitrogens with zero attached hydrogens (tertiary/aromatic N) is 2. The second kappa shape index (κ2) is 6.76. The van der Waals surface area contributed by atoms with E-state index in [-0.39, 0.29) is 11.9 Å². The number of fused-ring (bicyclic) bond motifs is 1. The molecule has 0 aliphatic carbocycles. The Morgan fingerprint density at radius 2 is 1.76 bits per heavy atom. The average Bonchev–Trinajstić information content (AvgIpc) is 3.07. The van der Waals surface area contributed by atoms with Crippen molar-refractivity contribution in [1.29, 1.82) is 0 Å². The van der Waals surface area contributed by atoms with Crippen molar-refractivity contribution in [2.24, 2.45) is 0 Å². The average molecular weight is 336 g/mol. The molecule has 0 spiro atoms. The van der Waals surface area contributed by atoms with Crippen LogP contribution in [0.4, 0.5) is 17.1 Å². The molecule has 5 nitrogen and oxygen atoms in total. The summed E-state index contributed by atoms with van der Waals surface area (Å²) in [6.45, 7) is 4.28. The van der Waals surface area contributed by atoms with Gasteiger partial charge in [0.1, 0.15) is 6.04 Å². The molecule has 0 aromatic heterocycles. The van der Waals surface area contributed by atoms with Crippen molar-refractivity contribution in [3.8, 4) is 0 Å². The van der Waals surface area contributed by atoms with Crippen LogP contribution in [0.5, 0.6) is 0 Å². The summed E-state index contributed by atoms with van der Waals surface area (Å²) in [6, 6.07) is 16.1. The molecule has 0 saturated carbocycles. The summed E-state index contributed by atoms with van der Waals surface area (Å²) in [5.41, 5.74) is 4.33. The number of likely N-dealkylation sites (N-methyl/N-ethyl adjacent to an activating group) is 1. The number of nitrogens with one attached hydrogen (secondary N) is 2. The molecule has 4 rings (SSSR count). The quantitative estimate of drug-likeness (QED) is 0.904. The molecule has 2 aliphatic rings. The number of anilines is 3. The Balaban J connectivity index is 1.36. The molecule has 2 N–H and O–H groups in total. The van der Waals surface area contributed by atoms with Gasteiger partial charge in [0.25, 0.3) is 0 Å². The first kappa shape index (κ1) is 16.0. The van der Waals surface area contributed by atoms with Crippen molar-refractivity contribution in [2.75, 3.05) is 48.8 Å². The van der Waals surface area contributed by atoms with Crippen LogP contribution in [-0.4, -0.2) is 50.1 Å². The Kier molecular flexibility index (Phi) is 4.32. The molecule has 1 fully saturated rings. The smallest absolute Gasteiger partial charge is 0.247 e. The van der Waals surface area contributed by atoms with E-state index in [1.807, 2.05) is 30.3 Å². The van der Waals surface area contributed by atoms with E-state index in [9.17, 15) is 4.79 Å². The molecule has 2 aromatic carbocycles. The van der Waals surface area contributed by atoms with Crippen LogP contribution in [0.15, 0.2) is 48.5 Å². The van der Waals surface area contributed by atoms with Crippen LogP contribution >= 0.6 is 0 Å². The zero-order valence-corrected chi connectivity index (χ0v) is 14.5. The zero-order chi connectivity index (χ0) is 17.2. The molecule has 0 bridgehead atoms. The lowest BCUT2D eigenvalue weighted by atomic mass is 10.1. The van der Waals surface area contributed by atoms with Gasteiger partial charge in [-0.2, -0.15) is 0 Å². The van der Waals surface area contributed by atoms with Crippen LogP contribution in [0.25, 0.3) is 0 Å². The van der Waals surface area contributed by atoms with Gasteiger partial charge in [-0.1, -0.05) is 18.2 Å². The lowest BCUT2D eigenvalue weighted by molar-refractivity contribution is -0.116. The fraction of sp³-hybridized carbons (Fsp3) is 0.350. The maximum Gasteiger partial charge on any atom is 0.247 e. The van der Waals surface area contributed by atoms with Crippen molar-refractivity contribution in [1.82, 2.24) is 4.90 Å². The Hall–Kier alpha value is -2.53. The summed E-state index contributed by atoms with van der Waals surface area (Å²) < 4.78 is 0. The number of carbonyl (C=O) groups is 1. The van der Waals surface area contributed by atoms with Crippen molar-refractivity contribution in [2.45, 2.75) is 12.5 Å². The summed E-state index contributed by atoms with van der Waals surface area (Å²) in [5.74, 6) is 0.0172. The largest absolute Gasteiger partial charge is 0.373 e. The van der Waals surface area contributed by atoms with E-state index in [1.165, 1.54) is 11.3 Å². The lowest BCUT2D eigenvalue weighted by Crippen LogP contribution is -2.44. The van der Waals surface area contributed by atoms with Gasteiger partial charge in [0.2, 0.25) is 5.91 Å². The molecular formula is C20H24N4O. The highest BCUT2D eigenvalue weighted by Crippen LogP contribution is 2.26. The van der Waals surface area contributed by atoms with Crippen molar-refractivity contribution in [3.05, 3.63) is 54.1 Å². The van der Waals surface area contributed by atoms with E-state index < -0.39 is 0 Å². The van der Waals surface area contributed by atoms with Crippen LogP contribution in [0.1, 0.15) is 5.56 Å². The van der Waals surface area contributed by atoms with Gasteiger partial charge in [-0.15, -0.1) is 0 Å². The van der Waals surface area contributed by atoms with Gasteiger partial charge in [-0.3, -0.25) is 4.79 Å². The zero-order valence-electron chi connectivity index (χ0n) is 14.5. The predicted octanol–water partition coefficient (Wildman–Crippen LogP) is 2.41. The number of amides is 1. The first-order chi connectivity index (χ1) is 12.2. The molecule has 25 heavy (non-hydrogen) atoms. The van der Waals surface area contributed by atoms with Gasteiger partial charge >= 0.3 is 0 Å². The maximum absolute atomic E-state index is 12.5. The van der Waals surface area contributed by atoms with Crippen LogP contribution < -0.4 is 15.5 Å². The fourth-order valence-corrected chi connectivity index (χ4v) is 3.51. The van der Waals surface area contributed by atoms with Gasteiger partial charge < -0.3 is 20.4 Å². The van der Waals surface area contributed by atoms with E-state index in [1.54, 1.807) is 0 Å². The highest BCUT2D eigenvalue weighted by molar-refractivity contribution is 5.98. The molecule has 5 heteroatoms. The lowest BCUT2D eigenvalue weighted by Gasteiger charge is -2.34. The number of rotatable bonds is 3. The number of para-hydroxylation sites is 1. The number of hydrogen-bond acceptors (Lipinski definition) is 4. The van der Waals surface area contributed by atoms with Crippen LogP contribution in [0.3, 0.4) is 0 Å². The second-order valence-electron chi connectivity index (χ2n) is 6.88. The number of hydrogen-bond donors (Lipinski definition) is 2. The Morgan fingerprint density at radius 1 is 1.04 bits per heavy atom. The number of benzene rings is 2. The first-order valence-corrected chi connectivity index (χ1v) is 8.88. The minimum Gasteiger partial charge on any atom is -0.373 e. The Bertz CT molecular complexity index is 726. The molecule has 1 saturated heterocycles. The summed E-state index contributed by atoms with van der Waals surface area (Å²) in [5, 5.41) is 6.32. The fourth-order valence-electron chi connectivity index (χ4n) is 3.51. The van der Waals surface area contributed by atoms with Crippen molar-refractivity contribution < 1.29 is 4.79 Å². The van der Waals surface area contributed by atoms with E-state index in [4.69, 9.17) is 0 Å². The molecule has 1 unspecified atom stereocenters. The number of piperazine rings is 1. The third kappa shape index (κ3) is 3.46. The van der Waals surface area contributed by atoms with Gasteiger partial charge in [-0.05, 0) is 42.9 Å². The van der Waals surface area contributed by atoms with Crippen LogP contribution in [0, 0.1) is 0 Å². The highest BCUT2D eigenvalue weighted by Gasteiger charge is 2.26. The molecule has 0 radical (unpaired) electrons. The maximum atomic E-state index is 12.5. The minimum absolute atomic E-state index is 0.0172. The van der Waals surface area contributed by atoms with Gasteiger partial charge in [0.05, 0.1) is 0 Å². The van der Waals surface area contributed by atoms with E-state index >= 15 is 0 Å². The Morgan fingerprint density at radius 3 is 2.48 bits per heavy atom. The summed E-state index contributed by atoms with van der Waals surface area (Å²) in [6.07, 6.45) is 0.737. The van der Waals surface area contributed by atoms with Crippen molar-refractivity contribution in [3.63, 3.8) is 0 Å². The van der Waals surface area contributed by atoms with Crippen LogP contribution in [0.2, 0.25) is 0 Å². The molecule has 1 amide bonds. The van der Waals surface area contributed by atoms with Gasteiger partial charge in [-0.25, -0.2) is 0 Å². The first-order valence-electron chi connectivity index (χ1n) is 8.88. The monoisotopic (exact) mass is 336 g/mol. The third-order valence-corrected chi connectivity index (χ3v) is 5.09. The standard InChI is InChI=1S/C20H24N4O/c1-23-10-12-24(13-11-23)17-8-6-16(7-9-17)21-20(25)19-14-15-4-2-3-5-18(15)22-19/h2-9,19,22H,10-14H2,1H3,(H,21,25). The molecular weight excluding hydrogens is 312 g/mol. The molecule has 1 atom stereocenters. The second-order valence-corrected chi connectivity index (χ2v) is 6.88. The highest BCUT2D eigenvalue weighted by atomic mass is 16.2. The molecule has 2 aliphatic heterocycles. The summed E-state index contributed by atoms with van der Waals surface area (Å²) in [4.78, 5) is 17.3. The van der Waals surface area contributed by atoms with Crippen LogP contribution in [-0.2, 0) is 11.2 Å². The Labute approximate surface area is 148 Å². The van der Waals surface area contributed by atoms with E-state index in [0.717, 1.165) is 44.0 Å². The predicted molar refractivity (Wildman–Crippen MR) is 102 cm³/mol. The topological polar surface area (TPSA) is 47.6 Å². The molecule has 2 heterocycles. The normalized spacial score (nSPS) is 20.0. The minimum atomic E-state index is -0.199. The summed E-state index contributed by atoms with van der Waals surface area (Å²) in [7, 11) is 2.16. The molecule has 130 valence electrons. The van der Waals surface area contributed by atoms with E-state index in [0.29, 0.717) is 0 Å². The SMILES string of the molecule is CN1CCN(c2ccc(NC(=O)C3Cc4ccccc4N3)cc2)CC1. The summed E-state index contributed by atoms with van der Waals surface area (Å²) >= 11 is 0. The van der Waals surface area contributed by atoms with Crippen molar-refractivity contribution >= 4 is 23.0 Å². The van der Waals surface area contributed by atoms with Gasteiger partial charge in [0, 0.05) is 49.7 Å². The third-order valence-electron chi connectivity index (χ3n) is 5.09. The number of carbonyl (C=O) groups excluding carboxylic acids is 1. The molecule has 2 aromatic rings. The van der Waals surface area contributed by atoms with E-state index in [2.05, 4.69) is 45.7 Å².